The molecule has 1 atom stereocenters. The lowest BCUT2D eigenvalue weighted by atomic mass is 10.1. The summed E-state index contributed by atoms with van der Waals surface area (Å²) in [6.45, 7) is 0.641. The zero-order valence-electron chi connectivity index (χ0n) is 11.0. The van der Waals surface area contributed by atoms with Crippen LogP contribution in [0, 0.1) is 0 Å². The minimum Gasteiger partial charge on any atom is -0.493 e. The monoisotopic (exact) mass is 352 g/mol. The average molecular weight is 353 g/mol. The van der Waals surface area contributed by atoms with E-state index in [4.69, 9.17) is 4.74 Å². The van der Waals surface area contributed by atoms with Crippen molar-refractivity contribution in [1.82, 2.24) is 0 Å². The van der Waals surface area contributed by atoms with Gasteiger partial charge in [-0.1, -0.05) is 52.3 Å². The number of hydrogen-bond acceptors (Lipinski definition) is 3. The molecular weight excluding hydrogens is 336 g/mol. The molecular formula is C16H17BrO2S. The van der Waals surface area contributed by atoms with E-state index in [0.29, 0.717) is 12.4 Å². The fourth-order valence-corrected chi connectivity index (χ4v) is 2.90. The van der Waals surface area contributed by atoms with Crippen LogP contribution < -0.4 is 4.74 Å². The van der Waals surface area contributed by atoms with E-state index in [2.05, 4.69) is 15.9 Å². The van der Waals surface area contributed by atoms with Crippen LogP contribution in [0.4, 0.5) is 0 Å². The summed E-state index contributed by atoms with van der Waals surface area (Å²) in [7, 11) is 0. The lowest BCUT2D eigenvalue weighted by Gasteiger charge is -2.11. The summed E-state index contributed by atoms with van der Waals surface area (Å²) in [6, 6.07) is 17.5. The molecule has 0 aliphatic rings. The number of rotatable bonds is 7. The van der Waals surface area contributed by atoms with Crippen LogP contribution in [0.1, 0.15) is 11.7 Å². The van der Waals surface area contributed by atoms with Gasteiger partial charge in [-0.05, 0) is 23.8 Å². The zero-order valence-corrected chi connectivity index (χ0v) is 13.4. The highest BCUT2D eigenvalue weighted by Gasteiger charge is 2.06. The van der Waals surface area contributed by atoms with Gasteiger partial charge in [-0.15, -0.1) is 0 Å². The molecule has 0 saturated carbocycles. The van der Waals surface area contributed by atoms with Crippen LogP contribution >= 0.6 is 27.7 Å². The van der Waals surface area contributed by atoms with Crippen LogP contribution in [-0.4, -0.2) is 23.2 Å². The third-order valence-corrected chi connectivity index (χ3v) is 4.25. The Morgan fingerprint density at radius 1 is 1.10 bits per heavy atom. The summed E-state index contributed by atoms with van der Waals surface area (Å²) in [5, 5.41) is 10.0. The van der Waals surface area contributed by atoms with E-state index in [1.807, 2.05) is 54.6 Å². The first-order valence-electron chi connectivity index (χ1n) is 6.45. The van der Waals surface area contributed by atoms with Crippen molar-refractivity contribution >= 4 is 27.7 Å². The molecule has 0 spiro atoms. The van der Waals surface area contributed by atoms with Gasteiger partial charge in [0.2, 0.25) is 0 Å². The standard InChI is InChI=1S/C16H17BrO2S/c17-14-7-4-8-15(11-14)19-9-10-20-12-16(18)13-5-2-1-3-6-13/h1-8,11,16,18H,9-10,12H2. The SMILES string of the molecule is OC(CSCCOc1cccc(Br)c1)c1ccccc1. The molecule has 2 aromatic carbocycles. The summed E-state index contributed by atoms with van der Waals surface area (Å²) in [5.74, 6) is 2.41. The third kappa shape index (κ3) is 5.19. The molecule has 2 rings (SSSR count). The Morgan fingerprint density at radius 2 is 1.90 bits per heavy atom. The number of benzene rings is 2. The molecule has 1 unspecified atom stereocenters. The Balaban J connectivity index is 1.64. The zero-order chi connectivity index (χ0) is 14.2. The molecule has 0 fully saturated rings. The molecule has 0 saturated heterocycles. The number of thioether (sulfide) groups is 1. The van der Waals surface area contributed by atoms with E-state index >= 15 is 0 Å². The van der Waals surface area contributed by atoms with E-state index < -0.39 is 6.10 Å². The molecule has 2 aromatic rings. The van der Waals surface area contributed by atoms with Gasteiger partial charge in [0, 0.05) is 16.0 Å². The van der Waals surface area contributed by atoms with Crippen molar-refractivity contribution in [2.45, 2.75) is 6.10 Å². The number of hydrogen-bond donors (Lipinski definition) is 1. The summed E-state index contributed by atoms with van der Waals surface area (Å²) in [6.07, 6.45) is -0.410. The van der Waals surface area contributed by atoms with Crippen molar-refractivity contribution in [1.29, 1.82) is 0 Å². The Hall–Kier alpha value is -0.970. The lowest BCUT2D eigenvalue weighted by Crippen LogP contribution is -2.05. The first-order valence-corrected chi connectivity index (χ1v) is 8.39. The van der Waals surface area contributed by atoms with Crippen molar-refractivity contribution in [2.75, 3.05) is 18.1 Å². The van der Waals surface area contributed by atoms with Gasteiger partial charge >= 0.3 is 0 Å². The fourth-order valence-electron chi connectivity index (χ4n) is 1.74. The van der Waals surface area contributed by atoms with Crippen molar-refractivity contribution in [3.05, 3.63) is 64.6 Å². The van der Waals surface area contributed by atoms with Crippen LogP contribution in [0.5, 0.6) is 5.75 Å². The highest BCUT2D eigenvalue weighted by Crippen LogP contribution is 2.20. The summed E-state index contributed by atoms with van der Waals surface area (Å²) < 4.78 is 6.66. The number of aliphatic hydroxyl groups is 1. The van der Waals surface area contributed by atoms with Crippen molar-refractivity contribution in [2.24, 2.45) is 0 Å². The van der Waals surface area contributed by atoms with E-state index in [1.165, 1.54) is 0 Å². The smallest absolute Gasteiger partial charge is 0.120 e. The summed E-state index contributed by atoms with van der Waals surface area (Å²) in [5.41, 5.74) is 0.966. The molecule has 0 aromatic heterocycles. The first kappa shape index (κ1) is 15.4. The predicted molar refractivity (Wildman–Crippen MR) is 88.4 cm³/mol. The number of ether oxygens (including phenoxy) is 1. The molecule has 0 radical (unpaired) electrons. The molecule has 0 heterocycles. The maximum absolute atomic E-state index is 10.0. The second kappa shape index (κ2) is 8.35. The second-order valence-electron chi connectivity index (χ2n) is 4.31. The Bertz CT molecular complexity index is 519. The molecule has 4 heteroatoms. The predicted octanol–water partition coefficient (Wildman–Crippen LogP) is 4.29. The largest absolute Gasteiger partial charge is 0.493 e. The average Bonchev–Trinajstić information content (AvgIpc) is 2.48. The van der Waals surface area contributed by atoms with Crippen molar-refractivity contribution in [3.8, 4) is 5.75 Å². The summed E-state index contributed by atoms with van der Waals surface area (Å²) >= 11 is 5.10. The van der Waals surface area contributed by atoms with Crippen LogP contribution in [0.25, 0.3) is 0 Å². The van der Waals surface area contributed by atoms with E-state index in [9.17, 15) is 5.11 Å². The van der Waals surface area contributed by atoms with Gasteiger partial charge in [-0.2, -0.15) is 11.8 Å². The van der Waals surface area contributed by atoms with E-state index in [-0.39, 0.29) is 0 Å². The van der Waals surface area contributed by atoms with Crippen LogP contribution in [0.15, 0.2) is 59.1 Å². The minimum absolute atomic E-state index is 0.410. The van der Waals surface area contributed by atoms with Crippen molar-refractivity contribution < 1.29 is 9.84 Å². The van der Waals surface area contributed by atoms with Gasteiger partial charge in [0.05, 0.1) is 12.7 Å². The molecule has 20 heavy (non-hydrogen) atoms. The fraction of sp³-hybridized carbons (Fsp3) is 0.250. The van der Waals surface area contributed by atoms with Crippen molar-refractivity contribution in [3.63, 3.8) is 0 Å². The topological polar surface area (TPSA) is 29.5 Å². The Kier molecular flexibility index (Phi) is 6.43. The maximum atomic E-state index is 10.0. The van der Waals surface area contributed by atoms with Gasteiger partial charge in [-0.25, -0.2) is 0 Å². The van der Waals surface area contributed by atoms with Gasteiger partial charge < -0.3 is 9.84 Å². The summed E-state index contributed by atoms with van der Waals surface area (Å²) in [4.78, 5) is 0. The lowest BCUT2D eigenvalue weighted by molar-refractivity contribution is 0.204. The molecule has 0 amide bonds. The normalized spacial score (nSPS) is 12.1. The molecule has 1 N–H and O–H groups in total. The number of aliphatic hydroxyl groups excluding tert-OH is 1. The van der Waals surface area contributed by atoms with E-state index in [1.54, 1.807) is 11.8 Å². The maximum Gasteiger partial charge on any atom is 0.120 e. The minimum atomic E-state index is -0.410. The van der Waals surface area contributed by atoms with Crippen LogP contribution in [-0.2, 0) is 0 Å². The quantitative estimate of drug-likeness (QED) is 0.753. The molecule has 106 valence electrons. The van der Waals surface area contributed by atoms with Crippen LogP contribution in [0.2, 0.25) is 0 Å². The highest BCUT2D eigenvalue weighted by atomic mass is 79.9. The molecule has 0 bridgehead atoms. The van der Waals surface area contributed by atoms with Crippen LogP contribution in [0.3, 0.4) is 0 Å². The Labute approximate surface area is 132 Å². The molecule has 2 nitrogen and oxygen atoms in total. The highest BCUT2D eigenvalue weighted by molar-refractivity contribution is 9.10. The molecule has 0 aliphatic heterocycles. The van der Waals surface area contributed by atoms with Gasteiger partial charge in [-0.3, -0.25) is 0 Å². The second-order valence-corrected chi connectivity index (χ2v) is 6.37. The number of halogens is 1. The molecule has 0 aliphatic carbocycles. The van der Waals surface area contributed by atoms with Gasteiger partial charge in [0.25, 0.3) is 0 Å². The third-order valence-electron chi connectivity index (χ3n) is 2.75. The first-order chi connectivity index (χ1) is 9.75. The van der Waals surface area contributed by atoms with Gasteiger partial charge in [0.1, 0.15) is 5.75 Å². The Morgan fingerprint density at radius 3 is 2.65 bits per heavy atom. The van der Waals surface area contributed by atoms with Gasteiger partial charge in [0.15, 0.2) is 0 Å². The van der Waals surface area contributed by atoms with E-state index in [0.717, 1.165) is 21.5 Å².